The Morgan fingerprint density at radius 3 is 2.66 bits per heavy atom. The van der Waals surface area contributed by atoms with Crippen molar-refractivity contribution in [3.05, 3.63) is 93.8 Å². The van der Waals surface area contributed by atoms with Crippen LogP contribution >= 0.6 is 11.6 Å². The van der Waals surface area contributed by atoms with Crippen molar-refractivity contribution in [1.82, 2.24) is 9.88 Å². The highest BCUT2D eigenvalue weighted by Gasteiger charge is 2.41. The van der Waals surface area contributed by atoms with Crippen LogP contribution in [-0.4, -0.2) is 26.8 Å². The normalized spacial score (nSPS) is 15.8. The molecule has 4 rings (SSSR count). The van der Waals surface area contributed by atoms with Gasteiger partial charge in [-0.15, -0.1) is 0 Å². The highest BCUT2D eigenvalue weighted by Crippen LogP contribution is 2.43. The van der Waals surface area contributed by atoms with E-state index >= 15 is 0 Å². The zero-order valence-corrected chi connectivity index (χ0v) is 17.4. The summed E-state index contributed by atoms with van der Waals surface area (Å²) in [6.45, 7) is 0. The Morgan fingerprint density at radius 1 is 1.22 bits per heavy atom. The molecule has 1 aliphatic rings. The summed E-state index contributed by atoms with van der Waals surface area (Å²) in [4.78, 5) is 31.4. The third kappa shape index (κ3) is 3.89. The van der Waals surface area contributed by atoms with Gasteiger partial charge in [-0.3, -0.25) is 14.6 Å². The first-order valence-corrected chi connectivity index (χ1v) is 10.1. The predicted molar refractivity (Wildman–Crippen MR) is 113 cm³/mol. The van der Waals surface area contributed by atoms with Gasteiger partial charge in [0, 0.05) is 29.0 Å². The third-order valence-corrected chi connectivity index (χ3v) is 5.75. The molecule has 0 fully saturated rings. The minimum Gasteiger partial charge on any atom is -0.507 e. The second kappa shape index (κ2) is 8.55. The minimum absolute atomic E-state index is 0.141. The van der Waals surface area contributed by atoms with Crippen LogP contribution in [0, 0.1) is 11.6 Å². The van der Waals surface area contributed by atoms with Gasteiger partial charge in [-0.1, -0.05) is 17.7 Å². The molecule has 6 nitrogen and oxygen atoms in total. The van der Waals surface area contributed by atoms with Gasteiger partial charge in [0.2, 0.25) is 5.91 Å². The van der Waals surface area contributed by atoms with Crippen molar-refractivity contribution >= 4 is 23.4 Å². The van der Waals surface area contributed by atoms with Gasteiger partial charge in [0.15, 0.2) is 0 Å². The number of nitrogens with two attached hydrogens (primary N) is 1. The van der Waals surface area contributed by atoms with Crippen LogP contribution < -0.4 is 5.73 Å². The number of benzene rings is 2. The molecular weight excluding hydrogens is 440 g/mol. The summed E-state index contributed by atoms with van der Waals surface area (Å²) in [5.74, 6) is -3.45. The Hall–Kier alpha value is -3.52. The van der Waals surface area contributed by atoms with Crippen molar-refractivity contribution < 1.29 is 23.5 Å². The number of phenolic OH excluding ortho intramolecular Hbond substituents is 1. The smallest absolute Gasteiger partial charge is 0.259 e. The zero-order valence-electron chi connectivity index (χ0n) is 16.6. The van der Waals surface area contributed by atoms with Crippen LogP contribution in [0.4, 0.5) is 8.78 Å². The molecule has 1 aromatic heterocycles. The molecule has 0 saturated heterocycles. The van der Waals surface area contributed by atoms with E-state index in [1.165, 1.54) is 23.4 Å². The van der Waals surface area contributed by atoms with Gasteiger partial charge < -0.3 is 15.7 Å². The molecule has 0 spiro atoms. The quantitative estimate of drug-likeness (QED) is 0.603. The number of phenols is 1. The number of amides is 2. The van der Waals surface area contributed by atoms with E-state index in [4.69, 9.17) is 17.3 Å². The highest BCUT2D eigenvalue weighted by atomic mass is 35.5. The summed E-state index contributed by atoms with van der Waals surface area (Å²) >= 11 is 6.07. The van der Waals surface area contributed by atoms with Crippen LogP contribution in [0.25, 0.3) is 0 Å². The molecule has 0 bridgehead atoms. The van der Waals surface area contributed by atoms with E-state index in [-0.39, 0.29) is 10.6 Å². The second-order valence-electron chi connectivity index (χ2n) is 7.48. The molecule has 0 saturated carbocycles. The number of nitrogens with zero attached hydrogens (tertiary/aromatic N) is 2. The maximum atomic E-state index is 14.5. The number of hydrogen-bond acceptors (Lipinski definition) is 4. The number of hydrogen-bond donors (Lipinski definition) is 2. The predicted octanol–water partition coefficient (Wildman–Crippen LogP) is 4.08. The molecule has 2 atom stereocenters. The first kappa shape index (κ1) is 21.7. The fourth-order valence-corrected chi connectivity index (χ4v) is 4.39. The Bertz CT molecular complexity index is 1210. The van der Waals surface area contributed by atoms with Gasteiger partial charge in [-0.05, 0) is 54.3 Å². The van der Waals surface area contributed by atoms with E-state index in [0.717, 1.165) is 18.2 Å². The third-order valence-electron chi connectivity index (χ3n) is 5.53. The van der Waals surface area contributed by atoms with Crippen LogP contribution in [-0.2, 0) is 11.2 Å². The topological polar surface area (TPSA) is 96.5 Å². The lowest BCUT2D eigenvalue weighted by atomic mass is 9.98. The number of carbonyl (C=O) groups excluding carboxylic acids is 2. The number of pyridine rings is 1. The average molecular weight is 458 g/mol. The number of halogens is 3. The second-order valence-corrected chi connectivity index (χ2v) is 7.91. The molecule has 164 valence electrons. The van der Waals surface area contributed by atoms with Crippen molar-refractivity contribution in [2.24, 2.45) is 5.73 Å². The first-order chi connectivity index (χ1) is 15.3. The Balaban J connectivity index is 1.90. The Morgan fingerprint density at radius 2 is 2.00 bits per heavy atom. The molecule has 32 heavy (non-hydrogen) atoms. The largest absolute Gasteiger partial charge is 0.507 e. The molecule has 3 N–H and O–H groups in total. The fraction of sp³-hybridized carbons (Fsp3) is 0.174. The van der Waals surface area contributed by atoms with Crippen LogP contribution in [0.5, 0.6) is 5.75 Å². The number of fused-ring (bicyclic) bond motifs is 1. The number of rotatable bonds is 5. The minimum atomic E-state index is -1.28. The zero-order chi connectivity index (χ0) is 23.0. The standard InChI is InChI=1S/C23H18ClF2N3O3/c24-13-8-17-15(18(26)9-13)5-6-19(17)29(21(22(27)31)12-2-1-7-28-11-12)23(32)16-4-3-14(25)10-20(16)30/h1-4,7-11,19,21,30H,5-6H2,(H2,27,31)/t19-,21-/m1/s1. The molecule has 2 amide bonds. The van der Waals surface area contributed by atoms with Crippen molar-refractivity contribution in [1.29, 1.82) is 0 Å². The van der Waals surface area contributed by atoms with Crippen molar-refractivity contribution in [2.45, 2.75) is 24.9 Å². The van der Waals surface area contributed by atoms with E-state index in [1.54, 1.807) is 18.2 Å². The summed E-state index contributed by atoms with van der Waals surface area (Å²) in [5, 5.41) is 10.4. The maximum absolute atomic E-state index is 14.5. The SMILES string of the molecule is NC(=O)[C@@H](c1cccnc1)N(C(=O)c1ccc(F)cc1O)[C@@H]1CCc2c(F)cc(Cl)cc21. The molecular formula is C23H18ClF2N3O3. The number of aromatic hydroxyl groups is 1. The lowest BCUT2D eigenvalue weighted by Crippen LogP contribution is -2.43. The monoisotopic (exact) mass is 457 g/mol. The fourth-order valence-electron chi connectivity index (χ4n) is 4.17. The van der Waals surface area contributed by atoms with E-state index in [1.807, 2.05) is 0 Å². The average Bonchev–Trinajstić information content (AvgIpc) is 3.15. The first-order valence-electron chi connectivity index (χ1n) is 9.76. The van der Waals surface area contributed by atoms with Crippen molar-refractivity contribution in [3.8, 4) is 5.75 Å². The van der Waals surface area contributed by atoms with Gasteiger partial charge >= 0.3 is 0 Å². The van der Waals surface area contributed by atoms with Crippen LogP contribution in [0.3, 0.4) is 0 Å². The summed E-state index contributed by atoms with van der Waals surface area (Å²) in [6.07, 6.45) is 3.50. The molecule has 0 aliphatic heterocycles. The van der Waals surface area contributed by atoms with Crippen LogP contribution in [0.2, 0.25) is 5.02 Å². The number of carbonyl (C=O) groups is 2. The van der Waals surface area contributed by atoms with E-state index in [9.17, 15) is 23.5 Å². The number of primary amides is 1. The van der Waals surface area contributed by atoms with Gasteiger partial charge in [-0.2, -0.15) is 0 Å². The Kier molecular flexibility index (Phi) is 5.80. The van der Waals surface area contributed by atoms with Gasteiger partial charge in [0.25, 0.3) is 5.91 Å². The molecule has 0 unspecified atom stereocenters. The van der Waals surface area contributed by atoms with E-state index < -0.39 is 41.3 Å². The van der Waals surface area contributed by atoms with Crippen LogP contribution in [0.1, 0.15) is 45.6 Å². The van der Waals surface area contributed by atoms with Crippen molar-refractivity contribution in [3.63, 3.8) is 0 Å². The van der Waals surface area contributed by atoms with E-state index in [2.05, 4.69) is 4.98 Å². The highest BCUT2D eigenvalue weighted by molar-refractivity contribution is 6.30. The summed E-state index contributed by atoms with van der Waals surface area (Å²) in [6, 6.07) is 6.80. The van der Waals surface area contributed by atoms with Crippen LogP contribution in [0.15, 0.2) is 54.9 Å². The van der Waals surface area contributed by atoms with Crippen molar-refractivity contribution in [2.75, 3.05) is 0 Å². The lowest BCUT2D eigenvalue weighted by Gasteiger charge is -2.35. The molecule has 3 aromatic rings. The molecule has 9 heteroatoms. The molecule has 0 radical (unpaired) electrons. The summed E-state index contributed by atoms with van der Waals surface area (Å²) < 4.78 is 28.1. The molecule has 1 heterocycles. The summed E-state index contributed by atoms with van der Waals surface area (Å²) in [7, 11) is 0. The summed E-state index contributed by atoms with van der Waals surface area (Å²) in [5.41, 5.74) is 6.65. The molecule has 1 aliphatic carbocycles. The number of aromatic nitrogens is 1. The van der Waals surface area contributed by atoms with E-state index in [0.29, 0.717) is 29.5 Å². The van der Waals surface area contributed by atoms with Gasteiger partial charge in [0.05, 0.1) is 11.6 Å². The Labute approximate surface area is 187 Å². The van der Waals surface area contributed by atoms with Gasteiger partial charge in [0.1, 0.15) is 23.4 Å². The van der Waals surface area contributed by atoms with Gasteiger partial charge in [-0.25, -0.2) is 8.78 Å². The maximum Gasteiger partial charge on any atom is 0.259 e. The lowest BCUT2D eigenvalue weighted by molar-refractivity contribution is -0.123. The molecule has 2 aromatic carbocycles.